The Kier molecular flexibility index (Phi) is 7.96. The molecule has 0 atom stereocenters. The molecule has 0 unspecified atom stereocenters. The molecule has 2 aromatic carbocycles. The molecule has 0 bridgehead atoms. The van der Waals surface area contributed by atoms with Gasteiger partial charge in [-0.25, -0.2) is 5.43 Å². The summed E-state index contributed by atoms with van der Waals surface area (Å²) >= 11 is 15.4. The number of benzene rings is 2. The third-order valence-electron chi connectivity index (χ3n) is 4.10. The highest BCUT2D eigenvalue weighted by molar-refractivity contribution is 9.10. The van der Waals surface area contributed by atoms with Crippen molar-refractivity contribution in [2.24, 2.45) is 5.10 Å². The Bertz CT molecular complexity index is 1070. The van der Waals surface area contributed by atoms with E-state index >= 15 is 0 Å². The van der Waals surface area contributed by atoms with E-state index in [0.29, 0.717) is 40.3 Å². The van der Waals surface area contributed by atoms with Crippen LogP contribution in [0, 0.1) is 6.92 Å². The molecule has 0 aliphatic heterocycles. The van der Waals surface area contributed by atoms with Crippen LogP contribution in [0.4, 0.5) is 0 Å². The van der Waals surface area contributed by atoms with E-state index in [-0.39, 0.29) is 12.3 Å². The summed E-state index contributed by atoms with van der Waals surface area (Å²) < 4.78 is 12.3. The Morgan fingerprint density at radius 2 is 2.03 bits per heavy atom. The van der Waals surface area contributed by atoms with Crippen molar-refractivity contribution in [3.63, 3.8) is 0 Å². The fourth-order valence-electron chi connectivity index (χ4n) is 2.62. The number of nitrogens with zero attached hydrogens (tertiary/aromatic N) is 1. The third kappa shape index (κ3) is 6.36. The van der Waals surface area contributed by atoms with Crippen molar-refractivity contribution in [2.75, 3.05) is 6.61 Å². The topological polar surface area (TPSA) is 63.8 Å². The average Bonchev–Trinajstić information content (AvgIpc) is 3.15. The molecule has 0 saturated heterocycles. The first kappa shape index (κ1) is 22.4. The number of carbonyl (C=O) groups excluding carboxylic acids is 1. The summed E-state index contributed by atoms with van der Waals surface area (Å²) in [5.74, 6) is 1.57. The van der Waals surface area contributed by atoms with Crippen LogP contribution in [0.25, 0.3) is 11.3 Å². The molecule has 0 aliphatic rings. The van der Waals surface area contributed by atoms with E-state index in [0.717, 1.165) is 15.6 Å². The quantitative estimate of drug-likeness (QED) is 0.210. The van der Waals surface area contributed by atoms with Crippen molar-refractivity contribution in [1.29, 1.82) is 0 Å². The minimum Gasteiger partial charge on any atom is -0.492 e. The van der Waals surface area contributed by atoms with Gasteiger partial charge in [0.2, 0.25) is 5.91 Å². The lowest BCUT2D eigenvalue weighted by Crippen LogP contribution is -2.18. The maximum atomic E-state index is 11.9. The van der Waals surface area contributed by atoms with Gasteiger partial charge < -0.3 is 9.15 Å². The highest BCUT2D eigenvalue weighted by Gasteiger charge is 2.08. The van der Waals surface area contributed by atoms with E-state index < -0.39 is 0 Å². The van der Waals surface area contributed by atoms with Gasteiger partial charge in [-0.3, -0.25) is 4.79 Å². The molecule has 1 heterocycles. The standard InChI is InChI=1S/C22H19BrCl2N2O3/c1-14-4-7-17(18(23)11-14)20-9-6-16(30-20)13-26-27-22(28)3-2-10-29-21-8-5-15(24)12-19(21)25/h4-9,11-13H,2-3,10H2,1H3,(H,27,28)/b26-13-. The lowest BCUT2D eigenvalue weighted by atomic mass is 10.1. The van der Waals surface area contributed by atoms with Gasteiger partial charge in [-0.15, -0.1) is 0 Å². The maximum absolute atomic E-state index is 11.9. The fraction of sp³-hybridized carbons (Fsp3) is 0.182. The van der Waals surface area contributed by atoms with Gasteiger partial charge in [-0.1, -0.05) is 45.2 Å². The van der Waals surface area contributed by atoms with Crippen LogP contribution in [0.15, 0.2) is 62.5 Å². The molecule has 1 N–H and O–H groups in total. The number of hydrogen-bond donors (Lipinski definition) is 1. The van der Waals surface area contributed by atoms with Gasteiger partial charge >= 0.3 is 0 Å². The van der Waals surface area contributed by atoms with E-state index in [9.17, 15) is 4.79 Å². The van der Waals surface area contributed by atoms with Crippen LogP contribution in [0.3, 0.4) is 0 Å². The Morgan fingerprint density at radius 1 is 1.20 bits per heavy atom. The number of hydrogen-bond acceptors (Lipinski definition) is 4. The van der Waals surface area contributed by atoms with Gasteiger partial charge in [0.05, 0.1) is 17.8 Å². The van der Waals surface area contributed by atoms with Gasteiger partial charge in [-0.05, 0) is 61.4 Å². The number of rotatable bonds is 8. The summed E-state index contributed by atoms with van der Waals surface area (Å²) in [4.78, 5) is 11.9. The van der Waals surface area contributed by atoms with Crippen LogP contribution in [-0.4, -0.2) is 18.7 Å². The van der Waals surface area contributed by atoms with Crippen LogP contribution in [-0.2, 0) is 4.79 Å². The van der Waals surface area contributed by atoms with Crippen molar-refractivity contribution in [3.05, 3.63) is 74.4 Å². The second-order valence-corrected chi connectivity index (χ2v) is 8.20. The first-order chi connectivity index (χ1) is 14.4. The zero-order valence-electron chi connectivity index (χ0n) is 16.1. The number of amides is 1. The number of halogens is 3. The maximum Gasteiger partial charge on any atom is 0.240 e. The summed E-state index contributed by atoms with van der Waals surface area (Å²) in [5, 5.41) is 4.92. The molecule has 0 spiro atoms. The number of hydrazone groups is 1. The number of nitrogens with one attached hydrogen (secondary N) is 1. The Morgan fingerprint density at radius 3 is 2.80 bits per heavy atom. The first-order valence-electron chi connectivity index (χ1n) is 9.18. The lowest BCUT2D eigenvalue weighted by Gasteiger charge is -2.07. The third-order valence-corrected chi connectivity index (χ3v) is 5.28. The molecule has 8 heteroatoms. The molecular weight excluding hydrogens is 491 g/mol. The summed E-state index contributed by atoms with van der Waals surface area (Å²) in [6, 6.07) is 14.7. The van der Waals surface area contributed by atoms with Gasteiger partial charge in [-0.2, -0.15) is 5.10 Å². The van der Waals surface area contributed by atoms with Crippen LogP contribution in [0.2, 0.25) is 10.0 Å². The van der Waals surface area contributed by atoms with E-state index in [1.165, 1.54) is 6.21 Å². The summed E-state index contributed by atoms with van der Waals surface area (Å²) in [6.45, 7) is 2.38. The largest absolute Gasteiger partial charge is 0.492 e. The van der Waals surface area contributed by atoms with Crippen molar-refractivity contribution < 1.29 is 13.9 Å². The second-order valence-electron chi connectivity index (χ2n) is 6.51. The molecule has 1 amide bonds. The van der Waals surface area contributed by atoms with Gasteiger partial charge in [0, 0.05) is 21.5 Å². The highest BCUT2D eigenvalue weighted by atomic mass is 79.9. The molecule has 30 heavy (non-hydrogen) atoms. The zero-order chi connectivity index (χ0) is 21.5. The molecule has 0 radical (unpaired) electrons. The van der Waals surface area contributed by atoms with Crippen molar-refractivity contribution in [3.8, 4) is 17.1 Å². The minimum atomic E-state index is -0.217. The Balaban J connectivity index is 1.43. The smallest absolute Gasteiger partial charge is 0.240 e. The van der Waals surface area contributed by atoms with Gasteiger partial charge in [0.25, 0.3) is 0 Å². The van der Waals surface area contributed by atoms with Crippen LogP contribution in [0.1, 0.15) is 24.2 Å². The van der Waals surface area contributed by atoms with Crippen LogP contribution in [0.5, 0.6) is 5.75 Å². The number of ether oxygens (including phenoxy) is 1. The summed E-state index contributed by atoms with van der Waals surface area (Å²) in [5.41, 5.74) is 4.58. The number of carbonyl (C=O) groups is 1. The summed E-state index contributed by atoms with van der Waals surface area (Å²) in [7, 11) is 0. The van der Waals surface area contributed by atoms with E-state index in [4.69, 9.17) is 32.4 Å². The van der Waals surface area contributed by atoms with Crippen LogP contribution < -0.4 is 10.2 Å². The van der Waals surface area contributed by atoms with Crippen molar-refractivity contribution in [1.82, 2.24) is 5.43 Å². The Hall–Kier alpha value is -2.28. The van der Waals surface area contributed by atoms with Gasteiger partial charge in [0.1, 0.15) is 17.3 Å². The predicted molar refractivity (Wildman–Crippen MR) is 124 cm³/mol. The monoisotopic (exact) mass is 508 g/mol. The number of furan rings is 1. The fourth-order valence-corrected chi connectivity index (χ4v) is 3.77. The molecule has 5 nitrogen and oxygen atoms in total. The normalized spacial score (nSPS) is 11.1. The molecule has 1 aromatic heterocycles. The SMILES string of the molecule is Cc1ccc(-c2ccc(/C=N\NC(=O)CCCOc3ccc(Cl)cc3Cl)o2)c(Br)c1. The van der Waals surface area contributed by atoms with E-state index in [1.807, 2.05) is 31.2 Å². The van der Waals surface area contributed by atoms with E-state index in [1.54, 1.807) is 24.3 Å². The number of aryl methyl sites for hydroxylation is 1. The molecule has 3 aromatic rings. The van der Waals surface area contributed by atoms with Crippen molar-refractivity contribution in [2.45, 2.75) is 19.8 Å². The van der Waals surface area contributed by atoms with Crippen molar-refractivity contribution >= 4 is 51.3 Å². The molecule has 0 aliphatic carbocycles. The molecular formula is C22H19BrCl2N2O3. The van der Waals surface area contributed by atoms with Gasteiger partial charge in [0.15, 0.2) is 0 Å². The summed E-state index contributed by atoms with van der Waals surface area (Å²) in [6.07, 6.45) is 2.25. The first-order valence-corrected chi connectivity index (χ1v) is 10.7. The van der Waals surface area contributed by atoms with E-state index in [2.05, 4.69) is 26.5 Å². The molecule has 0 saturated carbocycles. The lowest BCUT2D eigenvalue weighted by molar-refractivity contribution is -0.121. The van der Waals surface area contributed by atoms with Crippen LogP contribution >= 0.6 is 39.1 Å². The zero-order valence-corrected chi connectivity index (χ0v) is 19.2. The average molecular weight is 510 g/mol. The molecule has 3 rings (SSSR count). The second kappa shape index (κ2) is 10.7. The molecule has 0 fully saturated rings. The Labute approximate surface area is 193 Å². The predicted octanol–water partition coefficient (Wildman–Crippen LogP) is 6.63. The molecule has 156 valence electrons. The minimum absolute atomic E-state index is 0.217. The highest BCUT2D eigenvalue weighted by Crippen LogP contribution is 2.30.